The van der Waals surface area contributed by atoms with Gasteiger partial charge in [-0.15, -0.1) is 13.0 Å². The molecule has 0 atom stereocenters. The fraction of sp³-hybridized carbons (Fsp3) is 0.450. The number of allylic oxidation sites excluding steroid dienone is 10. The van der Waals surface area contributed by atoms with Crippen molar-refractivity contribution in [3.05, 3.63) is 58.7 Å². The topological polar surface area (TPSA) is 17.1 Å². The number of hydrogen-bond donors (Lipinski definition) is 0. The quantitative estimate of drug-likeness (QED) is 0.348. The maximum Gasteiger partial charge on any atom is 0 e. The van der Waals surface area contributed by atoms with Crippen LogP contribution in [0.2, 0.25) is 0 Å². The van der Waals surface area contributed by atoms with Gasteiger partial charge in [0.15, 0.2) is 0 Å². The van der Waals surface area contributed by atoms with E-state index in [-0.39, 0.29) is 38.1 Å². The molecule has 0 saturated heterocycles. The van der Waals surface area contributed by atoms with Crippen LogP contribution in [-0.2, 0) is 37.5 Å². The van der Waals surface area contributed by atoms with Gasteiger partial charge in [0.05, 0.1) is 0 Å². The van der Waals surface area contributed by atoms with Crippen molar-refractivity contribution in [3.63, 3.8) is 0 Å². The molecule has 0 aliphatic heterocycles. The second-order valence-corrected chi connectivity index (χ2v) is 6.54. The Morgan fingerprint density at radius 2 is 1.86 bits per heavy atom. The molecule has 0 fully saturated rings. The zero-order chi connectivity index (χ0) is 15.9. The van der Waals surface area contributed by atoms with Crippen molar-refractivity contribution in [1.29, 1.82) is 0 Å². The van der Waals surface area contributed by atoms with Gasteiger partial charge in [-0.3, -0.25) is 0 Å². The summed E-state index contributed by atoms with van der Waals surface area (Å²) >= 11 is 0. The molecule has 22 heavy (non-hydrogen) atoms. The fourth-order valence-corrected chi connectivity index (χ4v) is 2.77. The Balaban J connectivity index is 0.00000441. The predicted octanol–water partition coefficient (Wildman–Crippen LogP) is 5.63. The molecule has 0 heterocycles. The molecule has 117 valence electrons. The van der Waals surface area contributed by atoms with E-state index in [1.807, 2.05) is 19.1 Å². The molecule has 0 spiro atoms. The normalized spacial score (nSPS) is 19.7. The van der Waals surface area contributed by atoms with Crippen LogP contribution in [0.25, 0.3) is 0 Å². The van der Waals surface area contributed by atoms with Gasteiger partial charge >= 0.3 is 0 Å². The molecule has 0 aromatic rings. The van der Waals surface area contributed by atoms with Gasteiger partial charge in [0.2, 0.25) is 0 Å². The minimum Gasteiger partial charge on any atom is -0.419 e. The van der Waals surface area contributed by atoms with Crippen LogP contribution in [0.3, 0.4) is 0 Å². The molecule has 0 aromatic heterocycles. The molecule has 2 heteroatoms. The van der Waals surface area contributed by atoms with E-state index in [0.717, 1.165) is 5.57 Å². The Kier molecular flexibility index (Phi) is 10.0. The van der Waals surface area contributed by atoms with Gasteiger partial charge in [0.25, 0.3) is 0 Å². The first-order valence-corrected chi connectivity index (χ1v) is 7.64. The molecule has 1 radical (unpaired) electrons. The summed E-state index contributed by atoms with van der Waals surface area (Å²) in [4.78, 5) is 10.2. The van der Waals surface area contributed by atoms with E-state index in [4.69, 9.17) is 0 Å². The van der Waals surface area contributed by atoms with Crippen molar-refractivity contribution in [3.8, 4) is 0 Å². The Hall–Kier alpha value is -0.526. The maximum absolute atomic E-state index is 10.2. The number of carbonyl (C=O) groups excluding carboxylic acids is 1. The zero-order valence-corrected chi connectivity index (χ0v) is 17.4. The van der Waals surface area contributed by atoms with Gasteiger partial charge in [0, 0.05) is 32.7 Å². The SMILES string of the molecule is CC(C=CC=C(C)/C=C/C1=C(C)CCCC1(C)C)=C[C-]=O.[Y]. The van der Waals surface area contributed by atoms with Crippen molar-refractivity contribution < 1.29 is 37.5 Å². The van der Waals surface area contributed by atoms with E-state index in [2.05, 4.69) is 45.9 Å². The van der Waals surface area contributed by atoms with Gasteiger partial charge in [0.1, 0.15) is 0 Å². The van der Waals surface area contributed by atoms with Crippen LogP contribution in [0.1, 0.15) is 53.9 Å². The van der Waals surface area contributed by atoms with Crippen molar-refractivity contribution in [2.45, 2.75) is 53.9 Å². The van der Waals surface area contributed by atoms with Gasteiger partial charge < -0.3 is 4.79 Å². The van der Waals surface area contributed by atoms with E-state index in [1.54, 1.807) is 6.29 Å². The smallest absolute Gasteiger partial charge is 0 e. The molecule has 0 amide bonds. The number of rotatable bonds is 5. The molecular weight excluding hydrogens is 345 g/mol. The van der Waals surface area contributed by atoms with Crippen LogP contribution < -0.4 is 0 Å². The second-order valence-electron chi connectivity index (χ2n) is 6.54. The van der Waals surface area contributed by atoms with Crippen molar-refractivity contribution >= 4 is 6.29 Å². The number of hydrogen-bond acceptors (Lipinski definition) is 1. The molecular formula is C20H27OY-. The first-order valence-electron chi connectivity index (χ1n) is 7.64. The van der Waals surface area contributed by atoms with Gasteiger partial charge in [-0.2, -0.15) is 11.6 Å². The van der Waals surface area contributed by atoms with Crippen LogP contribution in [0.5, 0.6) is 0 Å². The molecule has 0 aromatic carbocycles. The second kappa shape index (κ2) is 10.3. The minimum atomic E-state index is 0. The Bertz CT molecular complexity index is 528. The molecule has 1 nitrogen and oxygen atoms in total. The van der Waals surface area contributed by atoms with Crippen molar-refractivity contribution in [2.24, 2.45) is 5.41 Å². The summed E-state index contributed by atoms with van der Waals surface area (Å²) in [5, 5.41) is 0. The molecule has 1 aliphatic carbocycles. The molecule has 0 N–H and O–H groups in total. The van der Waals surface area contributed by atoms with Gasteiger partial charge in [-0.1, -0.05) is 49.3 Å². The van der Waals surface area contributed by atoms with Crippen LogP contribution >= 0.6 is 0 Å². The van der Waals surface area contributed by atoms with E-state index >= 15 is 0 Å². The minimum absolute atomic E-state index is 0. The summed E-state index contributed by atoms with van der Waals surface area (Å²) in [6.45, 7) is 10.9. The summed E-state index contributed by atoms with van der Waals surface area (Å²) in [5.41, 5.74) is 5.40. The Morgan fingerprint density at radius 3 is 2.45 bits per heavy atom. The van der Waals surface area contributed by atoms with Crippen LogP contribution in [0.4, 0.5) is 0 Å². The average Bonchev–Trinajstić information content (AvgIpc) is 2.37. The first kappa shape index (κ1) is 21.5. The van der Waals surface area contributed by atoms with Gasteiger partial charge in [-0.25, -0.2) is 0 Å². The van der Waals surface area contributed by atoms with Crippen LogP contribution in [0, 0.1) is 5.41 Å². The molecule has 1 aliphatic rings. The molecule has 0 unspecified atom stereocenters. The van der Waals surface area contributed by atoms with E-state index in [9.17, 15) is 4.79 Å². The van der Waals surface area contributed by atoms with Crippen LogP contribution in [-0.4, -0.2) is 6.29 Å². The predicted molar refractivity (Wildman–Crippen MR) is 91.8 cm³/mol. The first-order chi connectivity index (χ1) is 9.86. The zero-order valence-electron chi connectivity index (χ0n) is 14.6. The summed E-state index contributed by atoms with van der Waals surface area (Å²) < 4.78 is 0. The van der Waals surface area contributed by atoms with Crippen LogP contribution in [0.15, 0.2) is 58.7 Å². The summed E-state index contributed by atoms with van der Waals surface area (Å²) in [6.07, 6.45) is 17.4. The third-order valence-corrected chi connectivity index (χ3v) is 4.06. The summed E-state index contributed by atoms with van der Waals surface area (Å²) in [7, 11) is 0. The third-order valence-electron chi connectivity index (χ3n) is 4.06. The largest absolute Gasteiger partial charge is 0.419 e. The molecule has 1 rings (SSSR count). The van der Waals surface area contributed by atoms with E-state index < -0.39 is 0 Å². The average molecular weight is 372 g/mol. The Morgan fingerprint density at radius 1 is 1.18 bits per heavy atom. The molecule has 0 saturated carbocycles. The van der Waals surface area contributed by atoms with Gasteiger partial charge in [-0.05, 0) is 50.4 Å². The van der Waals surface area contributed by atoms with Crippen molar-refractivity contribution in [1.82, 2.24) is 0 Å². The summed E-state index contributed by atoms with van der Waals surface area (Å²) in [5.74, 6) is 0. The maximum atomic E-state index is 10.2. The molecule has 0 bridgehead atoms. The summed E-state index contributed by atoms with van der Waals surface area (Å²) in [6, 6.07) is 0. The fourth-order valence-electron chi connectivity index (χ4n) is 2.77. The standard InChI is InChI=1S/C20H27O.Y/c1-16(8-6-9-17(2)13-15-21)11-12-19-18(3)10-7-14-20(19,4)5;/h6,8-9,11-13H,7,10,14H2,1-5H3;/q-1;/b9-6?,12-11+,16-8?,17-13?;. The Labute approximate surface area is 161 Å². The van der Waals surface area contributed by atoms with Crippen molar-refractivity contribution in [2.75, 3.05) is 0 Å². The monoisotopic (exact) mass is 372 g/mol. The third kappa shape index (κ3) is 7.16. The van der Waals surface area contributed by atoms with E-state index in [1.165, 1.54) is 42.1 Å². The van der Waals surface area contributed by atoms with E-state index in [0.29, 0.717) is 0 Å².